The number of aromatic nitrogens is 1. The summed E-state index contributed by atoms with van der Waals surface area (Å²) in [6.45, 7) is 16.9. The average molecular weight is 558 g/mol. The Bertz CT molecular complexity index is 394. The van der Waals surface area contributed by atoms with Gasteiger partial charge in [0.15, 0.2) is 0 Å². The Morgan fingerprint density at radius 3 is 2.04 bits per heavy atom. The van der Waals surface area contributed by atoms with Crippen LogP contribution in [-0.2, 0) is 22.0 Å². The quantitative estimate of drug-likeness (QED) is 0.388. The molecule has 7 heteroatoms. The van der Waals surface area contributed by atoms with Crippen LogP contribution in [0.15, 0.2) is 24.4 Å². The summed E-state index contributed by atoms with van der Waals surface area (Å²) in [7, 11) is 9.18. The van der Waals surface area contributed by atoms with E-state index >= 15 is 0 Å². The molecule has 0 atom stereocenters. The van der Waals surface area contributed by atoms with Crippen LogP contribution in [0.4, 0.5) is 0 Å². The SMILES string of the molecule is CC(C)(C)[PH+](NCCNCc1ccccn1)C(C)(C)C.[Cl][Os][Cl]. The third kappa shape index (κ3) is 11.8. The maximum absolute atomic E-state index is 4.90. The van der Waals surface area contributed by atoms with E-state index in [-0.39, 0.29) is 0 Å². The molecule has 0 saturated carbocycles. The van der Waals surface area contributed by atoms with Crippen molar-refractivity contribution >= 4 is 27.3 Å². The van der Waals surface area contributed by atoms with Gasteiger partial charge < -0.3 is 5.32 Å². The summed E-state index contributed by atoms with van der Waals surface area (Å²) >= 11 is -0.639. The second-order valence-electron chi connectivity index (χ2n) is 7.35. The number of nitrogens with one attached hydrogen (secondary N) is 2. The van der Waals surface area contributed by atoms with Crippen molar-refractivity contribution in [3.8, 4) is 0 Å². The van der Waals surface area contributed by atoms with Gasteiger partial charge in [-0.2, -0.15) is 5.09 Å². The van der Waals surface area contributed by atoms with Crippen molar-refractivity contribution in [3.63, 3.8) is 0 Å². The summed E-state index contributed by atoms with van der Waals surface area (Å²) in [5.41, 5.74) is 1.10. The van der Waals surface area contributed by atoms with Crippen LogP contribution in [0.25, 0.3) is 0 Å². The van der Waals surface area contributed by atoms with Gasteiger partial charge in [0.25, 0.3) is 0 Å². The average Bonchev–Trinajstić information content (AvgIpc) is 2.42. The number of hydrogen-bond donors (Lipinski definition) is 2. The predicted octanol–water partition coefficient (Wildman–Crippen LogP) is 4.86. The molecule has 1 aromatic heterocycles. The minimum atomic E-state index is -0.639. The summed E-state index contributed by atoms with van der Waals surface area (Å²) in [4.78, 5) is 4.31. The predicted molar refractivity (Wildman–Crippen MR) is 103 cm³/mol. The monoisotopic (exact) mass is 558 g/mol. The fourth-order valence-electron chi connectivity index (χ4n) is 2.65. The zero-order valence-electron chi connectivity index (χ0n) is 15.0. The first-order valence-corrected chi connectivity index (χ1v) is 15.5. The van der Waals surface area contributed by atoms with E-state index in [2.05, 4.69) is 63.0 Å². The van der Waals surface area contributed by atoms with Crippen LogP contribution in [0, 0.1) is 0 Å². The van der Waals surface area contributed by atoms with E-state index in [9.17, 15) is 0 Å². The van der Waals surface area contributed by atoms with E-state index in [1.165, 1.54) is 0 Å². The number of rotatable bonds is 6. The van der Waals surface area contributed by atoms with Gasteiger partial charge >= 0.3 is 34.7 Å². The second-order valence-corrected chi connectivity index (χ2v) is 15.1. The van der Waals surface area contributed by atoms with Crippen LogP contribution in [0.2, 0.25) is 0 Å². The van der Waals surface area contributed by atoms with Crippen LogP contribution in [0.3, 0.4) is 0 Å². The molecule has 0 aromatic carbocycles. The molecular formula is C16H31Cl2N3OsP+. The van der Waals surface area contributed by atoms with Crippen molar-refractivity contribution in [1.29, 1.82) is 0 Å². The molecule has 0 aliphatic heterocycles. The Labute approximate surface area is 159 Å². The summed E-state index contributed by atoms with van der Waals surface area (Å²) < 4.78 is 0. The third-order valence-electron chi connectivity index (χ3n) is 3.14. The van der Waals surface area contributed by atoms with Crippen molar-refractivity contribution < 1.29 is 15.4 Å². The van der Waals surface area contributed by atoms with Crippen LogP contribution < -0.4 is 10.4 Å². The van der Waals surface area contributed by atoms with Crippen LogP contribution in [-0.4, -0.2) is 28.4 Å². The fourth-order valence-corrected chi connectivity index (χ4v) is 6.34. The van der Waals surface area contributed by atoms with Gasteiger partial charge in [-0.15, -0.1) is 0 Å². The van der Waals surface area contributed by atoms with E-state index in [0.717, 1.165) is 25.3 Å². The molecule has 0 aliphatic carbocycles. The molecule has 0 aliphatic rings. The summed E-state index contributed by atoms with van der Waals surface area (Å²) in [5, 5.41) is 7.99. The molecule has 136 valence electrons. The Balaban J connectivity index is 0.00000149. The van der Waals surface area contributed by atoms with Gasteiger partial charge in [0.2, 0.25) is 0 Å². The Morgan fingerprint density at radius 1 is 1.04 bits per heavy atom. The van der Waals surface area contributed by atoms with Gasteiger partial charge in [0, 0.05) is 25.8 Å². The van der Waals surface area contributed by atoms with Gasteiger partial charge in [-0.1, -0.05) is 6.07 Å². The number of hydrogen-bond acceptors (Lipinski definition) is 3. The minimum absolute atomic E-state index is 0.365. The van der Waals surface area contributed by atoms with Crippen LogP contribution in [0.1, 0.15) is 47.2 Å². The first-order valence-electron chi connectivity index (χ1n) is 7.70. The van der Waals surface area contributed by atoms with Gasteiger partial charge in [-0.3, -0.25) is 4.98 Å². The third-order valence-corrected chi connectivity index (χ3v) is 6.74. The zero-order chi connectivity index (χ0) is 17.9. The summed E-state index contributed by atoms with van der Waals surface area (Å²) in [6.07, 6.45) is 1.84. The van der Waals surface area contributed by atoms with Gasteiger partial charge in [-0.25, -0.2) is 0 Å². The van der Waals surface area contributed by atoms with E-state index in [4.69, 9.17) is 19.3 Å². The molecule has 0 saturated heterocycles. The molecular weight excluding hydrogens is 526 g/mol. The van der Waals surface area contributed by atoms with Crippen molar-refractivity contribution in [2.24, 2.45) is 0 Å². The molecule has 0 amide bonds. The Hall–Kier alpha value is 0.716. The summed E-state index contributed by atoms with van der Waals surface area (Å²) in [6, 6.07) is 6.04. The number of halogens is 2. The Morgan fingerprint density at radius 2 is 1.61 bits per heavy atom. The molecule has 0 fully saturated rings. The zero-order valence-corrected chi connectivity index (χ0v) is 20.0. The topological polar surface area (TPSA) is 37.0 Å². The van der Waals surface area contributed by atoms with Crippen molar-refractivity contribution in [2.75, 3.05) is 13.1 Å². The molecule has 2 N–H and O–H groups in total. The van der Waals surface area contributed by atoms with Crippen LogP contribution >= 0.6 is 27.3 Å². The maximum atomic E-state index is 4.90. The van der Waals surface area contributed by atoms with Crippen molar-refractivity contribution in [1.82, 2.24) is 15.4 Å². The number of pyridine rings is 1. The molecule has 3 nitrogen and oxygen atoms in total. The van der Waals surface area contributed by atoms with E-state index < -0.39 is 23.5 Å². The number of nitrogens with zero attached hydrogens (tertiary/aromatic N) is 1. The van der Waals surface area contributed by atoms with Gasteiger partial charge in [0.05, 0.1) is 24.1 Å². The van der Waals surface area contributed by atoms with E-state index in [0.29, 0.717) is 10.3 Å². The normalized spacial score (nSPS) is 12.2. The van der Waals surface area contributed by atoms with E-state index in [1.54, 1.807) is 0 Å². The molecule has 0 radical (unpaired) electrons. The first kappa shape index (κ1) is 23.7. The standard InChI is InChI=1S/C16H30N3P.2ClH.Os/c1-15(2,3)20(16(4,5)6)19-12-11-17-13-14-9-7-8-10-18-14;;;/h7-10,17,19H,11-13H2,1-6H3;2*1H;/q;;;+2/p-1. The molecule has 1 rings (SSSR count). The first-order chi connectivity index (χ1) is 10.6. The van der Waals surface area contributed by atoms with Crippen molar-refractivity contribution in [2.45, 2.75) is 58.4 Å². The van der Waals surface area contributed by atoms with Gasteiger partial charge in [-0.05, 0) is 53.7 Å². The molecule has 0 spiro atoms. The molecule has 1 aromatic rings. The summed E-state index contributed by atoms with van der Waals surface area (Å²) in [5.74, 6) is 0. The molecule has 0 unspecified atom stereocenters. The van der Waals surface area contributed by atoms with Crippen LogP contribution in [0.5, 0.6) is 0 Å². The van der Waals surface area contributed by atoms with Crippen molar-refractivity contribution in [3.05, 3.63) is 30.1 Å². The fraction of sp³-hybridized carbons (Fsp3) is 0.688. The molecule has 23 heavy (non-hydrogen) atoms. The van der Waals surface area contributed by atoms with E-state index in [1.807, 2.05) is 18.3 Å². The molecule has 1 heterocycles. The molecule has 0 bridgehead atoms. The van der Waals surface area contributed by atoms with Gasteiger partial charge in [0.1, 0.15) is 0 Å². The second kappa shape index (κ2) is 12.1. The Kier molecular flexibility index (Phi) is 12.5.